The van der Waals surface area contributed by atoms with E-state index in [2.05, 4.69) is 0 Å². The maximum atomic E-state index is 13.8. The van der Waals surface area contributed by atoms with Gasteiger partial charge in [0.2, 0.25) is 0 Å². The summed E-state index contributed by atoms with van der Waals surface area (Å²) in [5.74, 6) is -0.843. The van der Waals surface area contributed by atoms with Crippen LogP contribution in [0.4, 0.5) is 10.1 Å². The minimum atomic E-state index is -4.01. The number of halogens is 1. The third-order valence-corrected chi connectivity index (χ3v) is 4.74. The summed E-state index contributed by atoms with van der Waals surface area (Å²) < 4.78 is 39.6. The van der Waals surface area contributed by atoms with Crippen LogP contribution in [0, 0.1) is 5.82 Å². The molecule has 0 bridgehead atoms. The molecule has 0 spiro atoms. The minimum Gasteiger partial charge on any atom is -0.392 e. The van der Waals surface area contributed by atoms with Gasteiger partial charge in [-0.2, -0.15) is 0 Å². The standard InChI is InChI=1S/C14H14FNO3S/c1-16(12-5-3-2-4-6-12)20(18,19)14-9-11(10-17)7-8-13(14)15/h2-9,17H,10H2,1H3. The Balaban J connectivity index is 2.50. The fraction of sp³-hybridized carbons (Fsp3) is 0.143. The lowest BCUT2D eigenvalue weighted by Gasteiger charge is -2.20. The highest BCUT2D eigenvalue weighted by Crippen LogP contribution is 2.24. The molecular weight excluding hydrogens is 281 g/mol. The van der Waals surface area contributed by atoms with Crippen molar-refractivity contribution in [1.82, 2.24) is 0 Å². The maximum Gasteiger partial charge on any atom is 0.266 e. The van der Waals surface area contributed by atoms with E-state index >= 15 is 0 Å². The van der Waals surface area contributed by atoms with E-state index < -0.39 is 20.7 Å². The molecule has 0 atom stereocenters. The molecule has 0 saturated carbocycles. The van der Waals surface area contributed by atoms with Crippen LogP contribution < -0.4 is 4.31 Å². The molecule has 0 aliphatic heterocycles. The van der Waals surface area contributed by atoms with Crippen LogP contribution in [0.2, 0.25) is 0 Å². The van der Waals surface area contributed by atoms with Gasteiger partial charge in [0.1, 0.15) is 10.7 Å². The highest BCUT2D eigenvalue weighted by molar-refractivity contribution is 7.92. The molecular formula is C14H14FNO3S. The Morgan fingerprint density at radius 3 is 2.40 bits per heavy atom. The number of aliphatic hydroxyl groups is 1. The lowest BCUT2D eigenvalue weighted by atomic mass is 10.2. The molecule has 0 heterocycles. The minimum absolute atomic E-state index is 0.339. The lowest BCUT2D eigenvalue weighted by Crippen LogP contribution is -2.27. The van der Waals surface area contributed by atoms with E-state index in [1.54, 1.807) is 30.3 Å². The summed E-state index contributed by atoms with van der Waals surface area (Å²) in [6, 6.07) is 11.9. The SMILES string of the molecule is CN(c1ccccc1)S(=O)(=O)c1cc(CO)ccc1F. The van der Waals surface area contributed by atoms with Gasteiger partial charge in [-0.1, -0.05) is 24.3 Å². The van der Waals surface area contributed by atoms with Gasteiger partial charge in [-0.15, -0.1) is 0 Å². The highest BCUT2D eigenvalue weighted by atomic mass is 32.2. The average Bonchev–Trinajstić information content (AvgIpc) is 2.47. The van der Waals surface area contributed by atoms with Crippen molar-refractivity contribution in [1.29, 1.82) is 0 Å². The van der Waals surface area contributed by atoms with E-state index in [0.29, 0.717) is 11.3 Å². The third kappa shape index (κ3) is 2.66. The van der Waals surface area contributed by atoms with Gasteiger partial charge in [0.15, 0.2) is 0 Å². The number of aliphatic hydroxyl groups excluding tert-OH is 1. The summed E-state index contributed by atoms with van der Waals surface area (Å²) in [5, 5.41) is 9.04. The van der Waals surface area contributed by atoms with E-state index in [1.807, 2.05) is 0 Å². The van der Waals surface area contributed by atoms with Crippen LogP contribution in [-0.4, -0.2) is 20.6 Å². The number of hydrogen-bond acceptors (Lipinski definition) is 3. The van der Waals surface area contributed by atoms with Crippen molar-refractivity contribution in [2.75, 3.05) is 11.4 Å². The van der Waals surface area contributed by atoms with Gasteiger partial charge < -0.3 is 5.11 Å². The van der Waals surface area contributed by atoms with Crippen LogP contribution in [0.5, 0.6) is 0 Å². The number of anilines is 1. The second-order valence-corrected chi connectivity index (χ2v) is 6.17. The fourth-order valence-corrected chi connectivity index (χ4v) is 3.08. The molecule has 0 aromatic heterocycles. The molecule has 0 aliphatic carbocycles. The molecule has 2 aromatic rings. The van der Waals surface area contributed by atoms with E-state index in [-0.39, 0.29) is 6.61 Å². The molecule has 0 saturated heterocycles. The zero-order valence-electron chi connectivity index (χ0n) is 10.8. The monoisotopic (exact) mass is 295 g/mol. The van der Waals surface area contributed by atoms with E-state index in [0.717, 1.165) is 16.4 Å². The first kappa shape index (κ1) is 14.5. The Morgan fingerprint density at radius 2 is 1.80 bits per heavy atom. The van der Waals surface area contributed by atoms with Crippen LogP contribution in [0.1, 0.15) is 5.56 Å². The first-order chi connectivity index (χ1) is 9.46. The van der Waals surface area contributed by atoms with Gasteiger partial charge in [-0.3, -0.25) is 4.31 Å². The molecule has 6 heteroatoms. The molecule has 2 aromatic carbocycles. The smallest absolute Gasteiger partial charge is 0.266 e. The molecule has 2 rings (SSSR count). The van der Waals surface area contributed by atoms with Gasteiger partial charge in [0.05, 0.1) is 12.3 Å². The summed E-state index contributed by atoms with van der Waals surface area (Å²) in [4.78, 5) is -0.449. The predicted molar refractivity (Wildman–Crippen MR) is 74.4 cm³/mol. The molecule has 0 aliphatic rings. The van der Waals surface area contributed by atoms with E-state index in [1.165, 1.54) is 13.1 Å². The second kappa shape index (κ2) is 5.60. The number of sulfonamides is 1. The van der Waals surface area contributed by atoms with Crippen molar-refractivity contribution < 1.29 is 17.9 Å². The number of benzene rings is 2. The Labute approximate surface area is 117 Å². The summed E-state index contributed by atoms with van der Waals surface area (Å²) in [7, 11) is -2.65. The summed E-state index contributed by atoms with van der Waals surface area (Å²) in [5.41, 5.74) is 0.771. The predicted octanol–water partition coefficient (Wildman–Crippen LogP) is 2.14. The topological polar surface area (TPSA) is 57.6 Å². The Kier molecular flexibility index (Phi) is 4.06. The van der Waals surface area contributed by atoms with Crippen LogP contribution in [0.3, 0.4) is 0 Å². The summed E-state index contributed by atoms with van der Waals surface area (Å²) >= 11 is 0. The summed E-state index contributed by atoms with van der Waals surface area (Å²) in [6.07, 6.45) is 0. The number of rotatable bonds is 4. The highest BCUT2D eigenvalue weighted by Gasteiger charge is 2.25. The molecule has 0 fully saturated rings. The van der Waals surface area contributed by atoms with Crippen LogP contribution in [-0.2, 0) is 16.6 Å². The quantitative estimate of drug-likeness (QED) is 0.940. The van der Waals surface area contributed by atoms with Gasteiger partial charge >= 0.3 is 0 Å². The van der Waals surface area contributed by atoms with Crippen LogP contribution in [0.15, 0.2) is 53.4 Å². The first-order valence-electron chi connectivity index (χ1n) is 5.90. The normalized spacial score (nSPS) is 11.3. The van der Waals surface area contributed by atoms with Crippen molar-refractivity contribution in [3.8, 4) is 0 Å². The van der Waals surface area contributed by atoms with Gasteiger partial charge in [-0.25, -0.2) is 12.8 Å². The van der Waals surface area contributed by atoms with Gasteiger partial charge in [0.25, 0.3) is 10.0 Å². The molecule has 0 radical (unpaired) electrons. The van der Waals surface area contributed by atoms with E-state index in [4.69, 9.17) is 5.11 Å². The lowest BCUT2D eigenvalue weighted by molar-refractivity contribution is 0.281. The molecule has 20 heavy (non-hydrogen) atoms. The van der Waals surface area contributed by atoms with Crippen molar-refractivity contribution in [2.45, 2.75) is 11.5 Å². The van der Waals surface area contributed by atoms with Crippen molar-refractivity contribution in [2.24, 2.45) is 0 Å². The zero-order chi connectivity index (χ0) is 14.8. The van der Waals surface area contributed by atoms with Crippen molar-refractivity contribution in [3.63, 3.8) is 0 Å². The Hall–Kier alpha value is -1.92. The largest absolute Gasteiger partial charge is 0.392 e. The number of nitrogens with zero attached hydrogens (tertiary/aromatic N) is 1. The molecule has 1 N–H and O–H groups in total. The first-order valence-corrected chi connectivity index (χ1v) is 7.34. The maximum absolute atomic E-state index is 13.8. The Bertz CT molecular complexity index is 702. The molecule has 0 amide bonds. The Morgan fingerprint density at radius 1 is 1.15 bits per heavy atom. The number of para-hydroxylation sites is 1. The molecule has 0 unspecified atom stereocenters. The second-order valence-electron chi connectivity index (χ2n) is 4.23. The third-order valence-electron chi connectivity index (χ3n) is 2.94. The summed E-state index contributed by atoms with van der Waals surface area (Å²) in [6.45, 7) is -0.349. The zero-order valence-corrected chi connectivity index (χ0v) is 11.6. The molecule has 106 valence electrons. The van der Waals surface area contributed by atoms with Gasteiger partial charge in [0, 0.05) is 7.05 Å². The van der Waals surface area contributed by atoms with Crippen LogP contribution >= 0.6 is 0 Å². The number of hydrogen-bond donors (Lipinski definition) is 1. The van der Waals surface area contributed by atoms with Crippen LogP contribution in [0.25, 0.3) is 0 Å². The van der Waals surface area contributed by atoms with Crippen molar-refractivity contribution >= 4 is 15.7 Å². The molecule has 4 nitrogen and oxygen atoms in total. The van der Waals surface area contributed by atoms with Gasteiger partial charge in [-0.05, 0) is 29.8 Å². The van der Waals surface area contributed by atoms with Crippen molar-refractivity contribution in [3.05, 3.63) is 59.9 Å². The van der Waals surface area contributed by atoms with E-state index in [9.17, 15) is 12.8 Å². The fourth-order valence-electron chi connectivity index (χ4n) is 1.77. The average molecular weight is 295 g/mol.